The maximum Gasteiger partial charge on any atom is 0.337 e. The molecule has 0 spiro atoms. The summed E-state index contributed by atoms with van der Waals surface area (Å²) in [6.07, 6.45) is 2.37. The van der Waals surface area contributed by atoms with Gasteiger partial charge in [0.05, 0.1) is 19.3 Å². The maximum absolute atomic E-state index is 11.4. The molecule has 0 heterocycles. The summed E-state index contributed by atoms with van der Waals surface area (Å²) in [6, 6.07) is 5.51. The molecule has 3 nitrogen and oxygen atoms in total. The first-order chi connectivity index (χ1) is 7.76. The summed E-state index contributed by atoms with van der Waals surface area (Å²) in [5.41, 5.74) is 1.75. The molecule has 2 rings (SSSR count). The molecule has 1 aliphatic carbocycles. The largest absolute Gasteiger partial charge is 0.494 e. The minimum absolute atomic E-state index is 0.287. The summed E-state index contributed by atoms with van der Waals surface area (Å²) in [5, 5.41) is 0. The molecule has 1 aromatic carbocycles. The zero-order chi connectivity index (χ0) is 11.5. The average Bonchev–Trinajstić information content (AvgIpc) is 3.13. The van der Waals surface area contributed by atoms with Crippen molar-refractivity contribution in [2.75, 3.05) is 13.7 Å². The monoisotopic (exact) mass is 220 g/mol. The van der Waals surface area contributed by atoms with Crippen LogP contribution in [0.3, 0.4) is 0 Å². The Morgan fingerprint density at radius 1 is 1.44 bits per heavy atom. The SMILES string of the molecule is CCOc1ccc(C(=O)OC)cc1C1CC1. The summed E-state index contributed by atoms with van der Waals surface area (Å²) in [7, 11) is 1.40. The minimum Gasteiger partial charge on any atom is -0.494 e. The molecule has 3 heteroatoms. The van der Waals surface area contributed by atoms with Crippen LogP contribution in [0.15, 0.2) is 18.2 Å². The van der Waals surface area contributed by atoms with Gasteiger partial charge in [-0.1, -0.05) is 0 Å². The molecule has 16 heavy (non-hydrogen) atoms. The van der Waals surface area contributed by atoms with Gasteiger partial charge in [0.1, 0.15) is 5.75 Å². The number of hydrogen-bond acceptors (Lipinski definition) is 3. The first-order valence-corrected chi connectivity index (χ1v) is 5.61. The van der Waals surface area contributed by atoms with Crippen molar-refractivity contribution in [3.8, 4) is 5.75 Å². The fourth-order valence-electron chi connectivity index (χ4n) is 1.79. The maximum atomic E-state index is 11.4. The minimum atomic E-state index is -0.287. The fraction of sp³-hybridized carbons (Fsp3) is 0.462. The van der Waals surface area contributed by atoms with Crippen molar-refractivity contribution in [1.29, 1.82) is 0 Å². The highest BCUT2D eigenvalue weighted by molar-refractivity contribution is 5.89. The zero-order valence-corrected chi connectivity index (χ0v) is 9.66. The molecule has 0 atom stereocenters. The topological polar surface area (TPSA) is 35.5 Å². The van der Waals surface area contributed by atoms with E-state index in [0.717, 1.165) is 11.3 Å². The highest BCUT2D eigenvalue weighted by Crippen LogP contribution is 2.44. The quantitative estimate of drug-likeness (QED) is 0.732. The molecular weight excluding hydrogens is 204 g/mol. The summed E-state index contributed by atoms with van der Waals surface area (Å²) in [6.45, 7) is 2.61. The smallest absolute Gasteiger partial charge is 0.337 e. The van der Waals surface area contributed by atoms with Gasteiger partial charge >= 0.3 is 5.97 Å². The molecule has 0 bridgehead atoms. The highest BCUT2D eigenvalue weighted by Gasteiger charge is 2.27. The third-order valence-electron chi connectivity index (χ3n) is 2.75. The number of carbonyl (C=O) groups excluding carboxylic acids is 1. The molecule has 0 unspecified atom stereocenters. The van der Waals surface area contributed by atoms with Gasteiger partial charge in [-0.2, -0.15) is 0 Å². The lowest BCUT2D eigenvalue weighted by molar-refractivity contribution is 0.0600. The van der Waals surface area contributed by atoms with Crippen LogP contribution in [0.5, 0.6) is 5.75 Å². The van der Waals surface area contributed by atoms with Crippen LogP contribution in [-0.2, 0) is 4.74 Å². The predicted molar refractivity (Wildman–Crippen MR) is 60.9 cm³/mol. The van der Waals surface area contributed by atoms with Crippen molar-refractivity contribution in [2.24, 2.45) is 0 Å². The number of hydrogen-bond donors (Lipinski definition) is 0. The van der Waals surface area contributed by atoms with Gasteiger partial charge in [-0.05, 0) is 49.4 Å². The summed E-state index contributed by atoms with van der Waals surface area (Å²) >= 11 is 0. The highest BCUT2D eigenvalue weighted by atomic mass is 16.5. The first kappa shape index (κ1) is 11.0. The Kier molecular flexibility index (Phi) is 3.13. The fourth-order valence-corrected chi connectivity index (χ4v) is 1.79. The lowest BCUT2D eigenvalue weighted by Crippen LogP contribution is -2.03. The van der Waals surface area contributed by atoms with Gasteiger partial charge in [0.15, 0.2) is 0 Å². The van der Waals surface area contributed by atoms with E-state index in [9.17, 15) is 4.79 Å². The average molecular weight is 220 g/mol. The Bertz CT molecular complexity index is 394. The Morgan fingerprint density at radius 2 is 2.19 bits per heavy atom. The molecule has 1 aliphatic rings. The molecule has 1 aromatic rings. The number of methoxy groups -OCH3 is 1. The number of ether oxygens (including phenoxy) is 2. The van der Waals surface area contributed by atoms with E-state index in [1.807, 2.05) is 19.1 Å². The van der Waals surface area contributed by atoms with Gasteiger partial charge < -0.3 is 9.47 Å². The normalized spacial score (nSPS) is 14.6. The van der Waals surface area contributed by atoms with Crippen LogP contribution >= 0.6 is 0 Å². The standard InChI is InChI=1S/C13H16O3/c1-3-16-12-7-6-10(13(14)15-2)8-11(12)9-4-5-9/h6-9H,3-5H2,1-2H3. The Balaban J connectivity index is 2.31. The van der Waals surface area contributed by atoms with Crippen LogP contribution in [0, 0.1) is 0 Å². The number of carbonyl (C=O) groups is 1. The second kappa shape index (κ2) is 4.56. The van der Waals surface area contributed by atoms with Crippen molar-refractivity contribution < 1.29 is 14.3 Å². The molecule has 0 radical (unpaired) electrons. The van der Waals surface area contributed by atoms with E-state index >= 15 is 0 Å². The summed E-state index contributed by atoms with van der Waals surface area (Å²) in [4.78, 5) is 11.4. The lowest BCUT2D eigenvalue weighted by atomic mass is 10.1. The van der Waals surface area contributed by atoms with E-state index in [-0.39, 0.29) is 5.97 Å². The zero-order valence-electron chi connectivity index (χ0n) is 9.66. The summed E-state index contributed by atoms with van der Waals surface area (Å²) < 4.78 is 10.3. The molecule has 0 amide bonds. The van der Waals surface area contributed by atoms with Crippen LogP contribution in [0.25, 0.3) is 0 Å². The van der Waals surface area contributed by atoms with E-state index in [1.165, 1.54) is 20.0 Å². The predicted octanol–water partition coefficient (Wildman–Crippen LogP) is 2.75. The Hall–Kier alpha value is -1.51. The molecule has 0 saturated heterocycles. The Labute approximate surface area is 95.4 Å². The van der Waals surface area contributed by atoms with E-state index < -0.39 is 0 Å². The number of esters is 1. The second-order valence-electron chi connectivity index (χ2n) is 3.95. The van der Waals surface area contributed by atoms with Crippen LogP contribution in [0.1, 0.15) is 41.6 Å². The molecule has 86 valence electrons. The van der Waals surface area contributed by atoms with Gasteiger partial charge in [0.2, 0.25) is 0 Å². The van der Waals surface area contributed by atoms with Crippen molar-refractivity contribution in [3.05, 3.63) is 29.3 Å². The summed E-state index contributed by atoms with van der Waals surface area (Å²) in [5.74, 6) is 1.17. The van der Waals surface area contributed by atoms with E-state index in [0.29, 0.717) is 18.1 Å². The first-order valence-electron chi connectivity index (χ1n) is 5.61. The third kappa shape index (κ3) is 2.18. The van der Waals surface area contributed by atoms with Crippen LogP contribution in [0.4, 0.5) is 0 Å². The van der Waals surface area contributed by atoms with Crippen LogP contribution in [0.2, 0.25) is 0 Å². The van der Waals surface area contributed by atoms with E-state index in [2.05, 4.69) is 0 Å². The van der Waals surface area contributed by atoms with Gasteiger partial charge in [-0.3, -0.25) is 0 Å². The van der Waals surface area contributed by atoms with Crippen LogP contribution in [-0.4, -0.2) is 19.7 Å². The number of benzene rings is 1. The van der Waals surface area contributed by atoms with Gasteiger partial charge in [-0.15, -0.1) is 0 Å². The molecule has 1 fully saturated rings. The van der Waals surface area contributed by atoms with E-state index in [4.69, 9.17) is 9.47 Å². The van der Waals surface area contributed by atoms with E-state index in [1.54, 1.807) is 6.07 Å². The molecule has 0 aliphatic heterocycles. The van der Waals surface area contributed by atoms with Crippen molar-refractivity contribution in [2.45, 2.75) is 25.7 Å². The molecule has 0 aromatic heterocycles. The third-order valence-corrected chi connectivity index (χ3v) is 2.75. The van der Waals surface area contributed by atoms with Crippen LogP contribution < -0.4 is 4.74 Å². The Morgan fingerprint density at radius 3 is 2.75 bits per heavy atom. The molecular formula is C13H16O3. The van der Waals surface area contributed by atoms with Crippen molar-refractivity contribution in [3.63, 3.8) is 0 Å². The van der Waals surface area contributed by atoms with Crippen molar-refractivity contribution >= 4 is 5.97 Å². The second-order valence-corrected chi connectivity index (χ2v) is 3.95. The van der Waals surface area contributed by atoms with Gasteiger partial charge in [-0.25, -0.2) is 4.79 Å². The van der Waals surface area contributed by atoms with Gasteiger partial charge in [0, 0.05) is 0 Å². The molecule has 1 saturated carbocycles. The number of rotatable bonds is 4. The lowest BCUT2D eigenvalue weighted by Gasteiger charge is -2.10. The van der Waals surface area contributed by atoms with Crippen molar-refractivity contribution in [1.82, 2.24) is 0 Å². The van der Waals surface area contributed by atoms with Gasteiger partial charge in [0.25, 0.3) is 0 Å². The molecule has 0 N–H and O–H groups in total.